The zero-order chi connectivity index (χ0) is 8.23. The minimum absolute atomic E-state index is 0.587. The summed E-state index contributed by atoms with van der Waals surface area (Å²) in [5.41, 5.74) is 1.56. The first-order valence-corrected chi connectivity index (χ1v) is 4.64. The van der Waals surface area contributed by atoms with Crippen LogP contribution in [0.15, 0.2) is 48.1 Å². The molecule has 0 aromatic carbocycles. The summed E-state index contributed by atoms with van der Waals surface area (Å²) in [6.45, 7) is 0. The van der Waals surface area contributed by atoms with Crippen molar-refractivity contribution in [3.8, 4) is 0 Å². The van der Waals surface area contributed by atoms with Crippen LogP contribution in [0.5, 0.6) is 0 Å². The summed E-state index contributed by atoms with van der Waals surface area (Å²) in [7, 11) is 0. The second-order valence-electron chi connectivity index (χ2n) is 3.31. The summed E-state index contributed by atoms with van der Waals surface area (Å²) in [4.78, 5) is 0. The van der Waals surface area contributed by atoms with Crippen LogP contribution in [-0.4, -0.2) is 0 Å². The molecule has 0 spiro atoms. The smallest absolute Gasteiger partial charge is 0.0160 e. The largest absolute Gasteiger partial charge is 0.0844 e. The maximum absolute atomic E-state index is 2.35. The van der Waals surface area contributed by atoms with Gasteiger partial charge < -0.3 is 0 Å². The van der Waals surface area contributed by atoms with Gasteiger partial charge in [0, 0.05) is 5.92 Å². The lowest BCUT2D eigenvalue weighted by Gasteiger charge is -2.16. The Labute approximate surface area is 74.0 Å². The van der Waals surface area contributed by atoms with Crippen molar-refractivity contribution < 1.29 is 0 Å². The number of allylic oxidation sites excluding steroid dienone is 8. The van der Waals surface area contributed by atoms with Gasteiger partial charge in [0.2, 0.25) is 0 Å². The van der Waals surface area contributed by atoms with E-state index >= 15 is 0 Å². The Hall–Kier alpha value is -1.04. The first-order valence-electron chi connectivity index (χ1n) is 4.64. The van der Waals surface area contributed by atoms with E-state index in [9.17, 15) is 0 Å². The molecule has 0 amide bonds. The van der Waals surface area contributed by atoms with E-state index in [0.717, 1.165) is 19.3 Å². The maximum atomic E-state index is 2.35. The van der Waals surface area contributed by atoms with E-state index < -0.39 is 0 Å². The standard InChI is InChI=1S/C12H14/c1-3-7-11(8-4-1)12-9-5-2-6-10-12/h1,3,5-6,8-10,12H,2,4,7H2. The Morgan fingerprint density at radius 3 is 2.42 bits per heavy atom. The minimum Gasteiger partial charge on any atom is -0.0844 e. The first-order chi connectivity index (χ1) is 5.97. The SMILES string of the molecule is C1=CCC(C2C=CCC=C2)=CC1. The van der Waals surface area contributed by atoms with Gasteiger partial charge in [-0.05, 0) is 19.3 Å². The van der Waals surface area contributed by atoms with Crippen LogP contribution in [0.4, 0.5) is 0 Å². The monoisotopic (exact) mass is 158 g/mol. The Morgan fingerprint density at radius 2 is 1.75 bits per heavy atom. The highest BCUT2D eigenvalue weighted by Gasteiger charge is 2.08. The van der Waals surface area contributed by atoms with E-state index in [1.165, 1.54) is 0 Å². The highest BCUT2D eigenvalue weighted by molar-refractivity contribution is 5.27. The lowest BCUT2D eigenvalue weighted by Crippen LogP contribution is -2.00. The Bertz CT molecular complexity index is 252. The van der Waals surface area contributed by atoms with Gasteiger partial charge in [-0.25, -0.2) is 0 Å². The molecule has 2 aliphatic carbocycles. The summed E-state index contributed by atoms with van der Waals surface area (Å²) in [5.74, 6) is 0.587. The Balaban J connectivity index is 2.08. The molecule has 2 rings (SSSR count). The molecule has 0 fully saturated rings. The summed E-state index contributed by atoms with van der Waals surface area (Å²) in [5, 5.41) is 0. The molecule has 0 aliphatic heterocycles. The molecule has 0 heterocycles. The van der Waals surface area contributed by atoms with E-state index in [1.54, 1.807) is 5.57 Å². The number of rotatable bonds is 1. The van der Waals surface area contributed by atoms with Crippen LogP contribution in [0, 0.1) is 5.92 Å². The van der Waals surface area contributed by atoms with Gasteiger partial charge in [0.1, 0.15) is 0 Å². The topological polar surface area (TPSA) is 0 Å². The highest BCUT2D eigenvalue weighted by Crippen LogP contribution is 2.24. The molecule has 0 nitrogen and oxygen atoms in total. The zero-order valence-electron chi connectivity index (χ0n) is 7.24. The summed E-state index contributed by atoms with van der Waals surface area (Å²) < 4.78 is 0. The molecular formula is C12H14. The predicted molar refractivity (Wildman–Crippen MR) is 52.8 cm³/mol. The molecule has 12 heavy (non-hydrogen) atoms. The van der Waals surface area contributed by atoms with Crippen LogP contribution in [0.25, 0.3) is 0 Å². The van der Waals surface area contributed by atoms with Crippen LogP contribution in [-0.2, 0) is 0 Å². The summed E-state index contributed by atoms with van der Waals surface area (Å²) in [6.07, 6.45) is 19.4. The maximum Gasteiger partial charge on any atom is 0.0160 e. The molecule has 62 valence electrons. The fourth-order valence-electron chi connectivity index (χ4n) is 1.73. The first kappa shape index (κ1) is 7.60. The number of hydrogen-bond acceptors (Lipinski definition) is 0. The molecular weight excluding hydrogens is 144 g/mol. The van der Waals surface area contributed by atoms with Crippen molar-refractivity contribution in [2.24, 2.45) is 5.92 Å². The van der Waals surface area contributed by atoms with Crippen molar-refractivity contribution in [2.45, 2.75) is 19.3 Å². The quantitative estimate of drug-likeness (QED) is 0.513. The third-order valence-electron chi connectivity index (χ3n) is 2.42. The molecule has 0 aromatic rings. The van der Waals surface area contributed by atoms with Crippen LogP contribution in [0.2, 0.25) is 0 Å². The second kappa shape index (κ2) is 3.57. The molecule has 0 saturated carbocycles. The van der Waals surface area contributed by atoms with Crippen molar-refractivity contribution in [2.75, 3.05) is 0 Å². The van der Waals surface area contributed by atoms with Crippen LogP contribution in [0.1, 0.15) is 19.3 Å². The van der Waals surface area contributed by atoms with Crippen molar-refractivity contribution in [1.29, 1.82) is 0 Å². The molecule has 0 saturated heterocycles. The van der Waals surface area contributed by atoms with Gasteiger partial charge in [0.05, 0.1) is 0 Å². The fourth-order valence-corrected chi connectivity index (χ4v) is 1.73. The normalized spacial score (nSPS) is 22.8. The summed E-state index contributed by atoms with van der Waals surface area (Å²) in [6, 6.07) is 0. The van der Waals surface area contributed by atoms with Crippen LogP contribution in [0.3, 0.4) is 0 Å². The van der Waals surface area contributed by atoms with Crippen molar-refractivity contribution in [3.05, 3.63) is 48.1 Å². The molecule has 0 bridgehead atoms. The van der Waals surface area contributed by atoms with Crippen molar-refractivity contribution >= 4 is 0 Å². The third-order valence-corrected chi connectivity index (χ3v) is 2.42. The Kier molecular flexibility index (Phi) is 2.26. The van der Waals surface area contributed by atoms with E-state index in [-0.39, 0.29) is 0 Å². The van der Waals surface area contributed by atoms with Gasteiger partial charge in [-0.1, -0.05) is 48.1 Å². The fraction of sp³-hybridized carbons (Fsp3) is 0.333. The van der Waals surface area contributed by atoms with E-state index in [0.29, 0.717) is 5.92 Å². The number of hydrogen-bond donors (Lipinski definition) is 0. The molecule has 0 unspecified atom stereocenters. The lowest BCUT2D eigenvalue weighted by molar-refractivity contribution is 0.878. The molecule has 0 atom stereocenters. The minimum atomic E-state index is 0.587. The zero-order valence-corrected chi connectivity index (χ0v) is 7.24. The average Bonchev–Trinajstić information content (AvgIpc) is 2.21. The predicted octanol–water partition coefficient (Wildman–Crippen LogP) is 3.40. The lowest BCUT2D eigenvalue weighted by atomic mass is 9.89. The van der Waals surface area contributed by atoms with Gasteiger partial charge in [0.15, 0.2) is 0 Å². The summed E-state index contributed by atoms with van der Waals surface area (Å²) >= 11 is 0. The Morgan fingerprint density at radius 1 is 0.917 bits per heavy atom. The molecule has 2 aliphatic rings. The molecule has 0 radical (unpaired) electrons. The second-order valence-corrected chi connectivity index (χ2v) is 3.31. The van der Waals surface area contributed by atoms with Gasteiger partial charge in [-0.3, -0.25) is 0 Å². The van der Waals surface area contributed by atoms with Gasteiger partial charge in [-0.2, -0.15) is 0 Å². The van der Waals surface area contributed by atoms with E-state index in [4.69, 9.17) is 0 Å². The van der Waals surface area contributed by atoms with Crippen molar-refractivity contribution in [3.63, 3.8) is 0 Å². The van der Waals surface area contributed by atoms with Gasteiger partial charge >= 0.3 is 0 Å². The van der Waals surface area contributed by atoms with Gasteiger partial charge in [0.25, 0.3) is 0 Å². The third kappa shape index (κ3) is 1.58. The molecule has 0 N–H and O–H groups in total. The van der Waals surface area contributed by atoms with Crippen LogP contribution < -0.4 is 0 Å². The van der Waals surface area contributed by atoms with E-state index in [2.05, 4.69) is 42.5 Å². The highest BCUT2D eigenvalue weighted by atomic mass is 14.1. The van der Waals surface area contributed by atoms with Gasteiger partial charge in [-0.15, -0.1) is 0 Å². The molecule has 0 aromatic heterocycles. The van der Waals surface area contributed by atoms with Crippen LogP contribution >= 0.6 is 0 Å². The average molecular weight is 158 g/mol. The van der Waals surface area contributed by atoms with Crippen molar-refractivity contribution in [1.82, 2.24) is 0 Å². The van der Waals surface area contributed by atoms with E-state index in [1.807, 2.05) is 0 Å². The molecule has 0 heteroatoms.